The number of nitrogen functional groups attached to an aromatic ring is 1. The van der Waals surface area contributed by atoms with E-state index in [0.717, 1.165) is 0 Å². The number of halogens is 8. The number of rotatable bonds is 1. The summed E-state index contributed by atoms with van der Waals surface area (Å²) in [4.78, 5) is 0. The van der Waals surface area contributed by atoms with Crippen LogP contribution >= 0.6 is 0 Å². The first-order valence-electron chi connectivity index (χ1n) is 4.30. The van der Waals surface area contributed by atoms with Crippen LogP contribution in [-0.4, -0.2) is 0 Å². The monoisotopic (exact) mass is 279 g/mol. The van der Waals surface area contributed by atoms with Crippen molar-refractivity contribution in [2.45, 2.75) is 18.8 Å². The standard InChI is InChI=1S/C9H5F8N/c10-7(11)6-4(8(12,13)14)1-3(18)2-5(6)9(15,16)17/h1-2,7H,18H2. The zero-order valence-electron chi connectivity index (χ0n) is 8.33. The van der Waals surface area contributed by atoms with Crippen molar-refractivity contribution in [1.29, 1.82) is 0 Å². The summed E-state index contributed by atoms with van der Waals surface area (Å²) < 4.78 is 99.3. The highest BCUT2D eigenvalue weighted by Gasteiger charge is 2.43. The molecule has 18 heavy (non-hydrogen) atoms. The molecule has 0 aliphatic heterocycles. The first-order chi connectivity index (χ1) is 7.94. The minimum absolute atomic E-state index is 0.0523. The lowest BCUT2D eigenvalue weighted by Gasteiger charge is -2.19. The van der Waals surface area contributed by atoms with E-state index in [1.54, 1.807) is 0 Å². The Kier molecular flexibility index (Phi) is 3.46. The third-order valence-corrected chi connectivity index (χ3v) is 2.03. The van der Waals surface area contributed by atoms with Crippen LogP contribution in [0.3, 0.4) is 0 Å². The summed E-state index contributed by atoms with van der Waals surface area (Å²) in [6.45, 7) is 0. The van der Waals surface area contributed by atoms with Crippen molar-refractivity contribution in [3.63, 3.8) is 0 Å². The number of benzene rings is 1. The molecule has 0 unspecified atom stereocenters. The highest BCUT2D eigenvalue weighted by molar-refractivity contribution is 5.52. The van der Waals surface area contributed by atoms with Gasteiger partial charge in [-0.25, -0.2) is 8.78 Å². The molecule has 1 rings (SSSR count). The lowest BCUT2D eigenvalue weighted by atomic mass is 9.99. The van der Waals surface area contributed by atoms with Crippen LogP contribution < -0.4 is 5.73 Å². The van der Waals surface area contributed by atoms with E-state index in [-0.39, 0.29) is 12.1 Å². The van der Waals surface area contributed by atoms with Crippen molar-refractivity contribution in [3.05, 3.63) is 28.8 Å². The maximum Gasteiger partial charge on any atom is 0.416 e. The minimum atomic E-state index is -5.35. The van der Waals surface area contributed by atoms with Gasteiger partial charge in [0.2, 0.25) is 0 Å². The molecule has 102 valence electrons. The largest absolute Gasteiger partial charge is 0.416 e. The van der Waals surface area contributed by atoms with Crippen LogP contribution in [0.5, 0.6) is 0 Å². The average molecular weight is 279 g/mol. The molecular weight excluding hydrogens is 274 g/mol. The van der Waals surface area contributed by atoms with E-state index in [4.69, 9.17) is 5.73 Å². The zero-order valence-corrected chi connectivity index (χ0v) is 8.33. The lowest BCUT2D eigenvalue weighted by Crippen LogP contribution is -2.17. The van der Waals surface area contributed by atoms with Gasteiger partial charge < -0.3 is 5.73 Å². The molecule has 1 nitrogen and oxygen atoms in total. The van der Waals surface area contributed by atoms with Gasteiger partial charge in [0.1, 0.15) is 0 Å². The first-order valence-corrected chi connectivity index (χ1v) is 4.30. The van der Waals surface area contributed by atoms with Crippen LogP contribution in [0.1, 0.15) is 23.1 Å². The maximum atomic E-state index is 12.4. The summed E-state index contributed by atoms with van der Waals surface area (Å²) in [5.74, 6) is 0. The Morgan fingerprint density at radius 1 is 0.833 bits per heavy atom. The Hall–Kier alpha value is -1.54. The van der Waals surface area contributed by atoms with Crippen molar-refractivity contribution < 1.29 is 35.1 Å². The molecule has 0 saturated heterocycles. The fraction of sp³-hybridized carbons (Fsp3) is 0.333. The third-order valence-electron chi connectivity index (χ3n) is 2.03. The molecule has 1 aromatic rings. The number of hydrogen-bond donors (Lipinski definition) is 1. The smallest absolute Gasteiger partial charge is 0.399 e. The predicted octanol–water partition coefficient (Wildman–Crippen LogP) is 4.24. The molecule has 0 saturated carbocycles. The Labute approximate surface area is 95.2 Å². The summed E-state index contributed by atoms with van der Waals surface area (Å²) in [6.07, 6.45) is -14.6. The summed E-state index contributed by atoms with van der Waals surface area (Å²) >= 11 is 0. The van der Waals surface area contributed by atoms with Crippen molar-refractivity contribution in [2.75, 3.05) is 5.73 Å². The molecule has 0 atom stereocenters. The van der Waals surface area contributed by atoms with Crippen molar-refractivity contribution >= 4 is 5.69 Å². The van der Waals surface area contributed by atoms with E-state index in [9.17, 15) is 35.1 Å². The minimum Gasteiger partial charge on any atom is -0.399 e. The van der Waals surface area contributed by atoms with Gasteiger partial charge in [-0.2, -0.15) is 26.3 Å². The van der Waals surface area contributed by atoms with Gasteiger partial charge in [0.25, 0.3) is 6.43 Å². The number of anilines is 1. The van der Waals surface area contributed by atoms with Gasteiger partial charge in [-0.3, -0.25) is 0 Å². The topological polar surface area (TPSA) is 26.0 Å². The Bertz CT molecular complexity index is 410. The first kappa shape index (κ1) is 14.5. The van der Waals surface area contributed by atoms with E-state index in [1.807, 2.05) is 0 Å². The molecule has 0 aliphatic rings. The quantitative estimate of drug-likeness (QED) is 0.603. The molecule has 0 radical (unpaired) electrons. The summed E-state index contributed by atoms with van der Waals surface area (Å²) in [7, 11) is 0. The molecule has 9 heteroatoms. The molecule has 0 heterocycles. The molecular formula is C9H5F8N. The lowest BCUT2D eigenvalue weighted by molar-refractivity contribution is -0.146. The van der Waals surface area contributed by atoms with Gasteiger partial charge >= 0.3 is 12.4 Å². The van der Waals surface area contributed by atoms with Crippen LogP contribution in [0.2, 0.25) is 0 Å². The van der Waals surface area contributed by atoms with Gasteiger partial charge in [-0.1, -0.05) is 0 Å². The second-order valence-electron chi connectivity index (χ2n) is 3.33. The predicted molar refractivity (Wildman–Crippen MR) is 45.8 cm³/mol. The van der Waals surface area contributed by atoms with E-state index >= 15 is 0 Å². The highest BCUT2D eigenvalue weighted by atomic mass is 19.4. The van der Waals surface area contributed by atoms with E-state index < -0.39 is 41.2 Å². The highest BCUT2D eigenvalue weighted by Crippen LogP contribution is 2.44. The number of alkyl halides is 8. The molecule has 0 fully saturated rings. The van der Waals surface area contributed by atoms with Gasteiger partial charge in [0.05, 0.1) is 11.1 Å². The molecule has 0 aliphatic carbocycles. The second-order valence-corrected chi connectivity index (χ2v) is 3.33. The third kappa shape index (κ3) is 2.82. The Balaban J connectivity index is 3.68. The van der Waals surface area contributed by atoms with Crippen molar-refractivity contribution in [3.8, 4) is 0 Å². The van der Waals surface area contributed by atoms with Crippen molar-refractivity contribution in [2.24, 2.45) is 0 Å². The molecule has 0 aromatic heterocycles. The average Bonchev–Trinajstić information content (AvgIpc) is 2.12. The van der Waals surface area contributed by atoms with Crippen LogP contribution in [-0.2, 0) is 12.4 Å². The van der Waals surface area contributed by atoms with Gasteiger partial charge in [0, 0.05) is 11.3 Å². The molecule has 0 spiro atoms. The van der Waals surface area contributed by atoms with Crippen molar-refractivity contribution in [1.82, 2.24) is 0 Å². The Morgan fingerprint density at radius 3 is 1.39 bits per heavy atom. The number of nitrogens with two attached hydrogens (primary N) is 1. The van der Waals surface area contributed by atoms with Crippen LogP contribution in [0.25, 0.3) is 0 Å². The SMILES string of the molecule is Nc1cc(C(F)(F)F)c(C(F)F)c(C(F)(F)F)c1. The maximum absolute atomic E-state index is 12.4. The van der Waals surface area contributed by atoms with Gasteiger partial charge in [0.15, 0.2) is 0 Å². The van der Waals surface area contributed by atoms with E-state index in [0.29, 0.717) is 0 Å². The van der Waals surface area contributed by atoms with Crippen LogP contribution in [0, 0.1) is 0 Å². The fourth-order valence-corrected chi connectivity index (χ4v) is 1.38. The summed E-state index contributed by atoms with van der Waals surface area (Å²) in [5.41, 5.74) is -2.28. The number of hydrogen-bond acceptors (Lipinski definition) is 1. The molecule has 0 bridgehead atoms. The normalized spacial score (nSPS) is 13.2. The fourth-order valence-electron chi connectivity index (χ4n) is 1.38. The van der Waals surface area contributed by atoms with Gasteiger partial charge in [-0.15, -0.1) is 0 Å². The van der Waals surface area contributed by atoms with E-state index in [1.165, 1.54) is 0 Å². The molecule has 0 amide bonds. The second kappa shape index (κ2) is 4.29. The summed E-state index contributed by atoms with van der Waals surface area (Å²) in [6, 6.07) is 0.105. The molecule has 1 aromatic carbocycles. The zero-order chi connectivity index (χ0) is 14.3. The van der Waals surface area contributed by atoms with E-state index in [2.05, 4.69) is 0 Å². The Morgan fingerprint density at radius 2 is 1.17 bits per heavy atom. The molecule has 2 N–H and O–H groups in total. The summed E-state index contributed by atoms with van der Waals surface area (Å²) in [5, 5.41) is 0. The van der Waals surface area contributed by atoms with Crippen LogP contribution in [0.4, 0.5) is 40.8 Å². The van der Waals surface area contributed by atoms with Gasteiger partial charge in [-0.05, 0) is 12.1 Å². The van der Waals surface area contributed by atoms with Crippen LogP contribution in [0.15, 0.2) is 12.1 Å².